The van der Waals surface area contributed by atoms with E-state index in [1.54, 1.807) is 0 Å². The molecule has 0 aliphatic heterocycles. The molecule has 1 heterocycles. The largest absolute Gasteiger partial charge is 0.354 e. The van der Waals surface area contributed by atoms with Crippen LogP contribution in [0.15, 0.2) is 12.4 Å². The first-order chi connectivity index (χ1) is 7.18. The van der Waals surface area contributed by atoms with Gasteiger partial charge in [0.05, 0.1) is 0 Å². The molecule has 0 aliphatic carbocycles. The Labute approximate surface area is 105 Å². The van der Waals surface area contributed by atoms with Crippen molar-refractivity contribution >= 4 is 28.5 Å². The Morgan fingerprint density at radius 2 is 1.93 bits per heavy atom. The zero-order valence-corrected chi connectivity index (χ0v) is 11.4. The van der Waals surface area contributed by atoms with Crippen LogP contribution in [0.1, 0.15) is 12.8 Å². The van der Waals surface area contributed by atoms with E-state index in [0.717, 1.165) is 29.0 Å². The number of aromatic nitrogens is 2. The summed E-state index contributed by atoms with van der Waals surface area (Å²) in [7, 11) is 4.19. The molecule has 4 nitrogen and oxygen atoms in total. The summed E-state index contributed by atoms with van der Waals surface area (Å²) in [6.45, 7) is 2.07. The molecule has 0 saturated heterocycles. The summed E-state index contributed by atoms with van der Waals surface area (Å²) in [5, 5.41) is 3.20. The van der Waals surface area contributed by atoms with Crippen LogP contribution in [-0.4, -0.2) is 42.1 Å². The van der Waals surface area contributed by atoms with Gasteiger partial charge in [-0.05, 0) is 56.1 Å². The molecule has 84 valence electrons. The number of rotatable bonds is 6. The van der Waals surface area contributed by atoms with Gasteiger partial charge in [-0.3, -0.25) is 0 Å². The van der Waals surface area contributed by atoms with Crippen LogP contribution in [0.2, 0.25) is 0 Å². The number of hydrogen-bond acceptors (Lipinski definition) is 4. The van der Waals surface area contributed by atoms with Crippen LogP contribution in [0.5, 0.6) is 0 Å². The highest BCUT2D eigenvalue weighted by molar-refractivity contribution is 14.1. The number of anilines is 1. The van der Waals surface area contributed by atoms with E-state index in [2.05, 4.69) is 56.9 Å². The Bertz CT molecular complexity index is 273. The van der Waals surface area contributed by atoms with Crippen LogP contribution in [-0.2, 0) is 0 Å². The van der Waals surface area contributed by atoms with Gasteiger partial charge in [0.1, 0.15) is 0 Å². The topological polar surface area (TPSA) is 41.0 Å². The highest BCUT2D eigenvalue weighted by atomic mass is 127. The molecular weight excluding hydrogens is 303 g/mol. The first-order valence-corrected chi connectivity index (χ1v) is 6.12. The van der Waals surface area contributed by atoms with E-state index in [0.29, 0.717) is 0 Å². The zero-order chi connectivity index (χ0) is 11.1. The van der Waals surface area contributed by atoms with Gasteiger partial charge in [0.15, 0.2) is 0 Å². The quantitative estimate of drug-likeness (QED) is 0.641. The van der Waals surface area contributed by atoms with Crippen molar-refractivity contribution in [3.8, 4) is 0 Å². The Kier molecular flexibility index (Phi) is 5.85. The van der Waals surface area contributed by atoms with Gasteiger partial charge in [-0.25, -0.2) is 9.97 Å². The molecule has 1 N–H and O–H groups in total. The fourth-order valence-corrected chi connectivity index (χ4v) is 1.44. The third-order valence-corrected chi connectivity index (χ3v) is 2.49. The lowest BCUT2D eigenvalue weighted by molar-refractivity contribution is 0.396. The Morgan fingerprint density at radius 3 is 2.53 bits per heavy atom. The molecule has 0 amide bonds. The number of nitrogens with zero attached hydrogens (tertiary/aromatic N) is 3. The maximum Gasteiger partial charge on any atom is 0.222 e. The maximum atomic E-state index is 4.17. The molecule has 1 rings (SSSR count). The van der Waals surface area contributed by atoms with Crippen LogP contribution >= 0.6 is 22.6 Å². The standard InChI is InChI=1S/C10H17IN4/c1-15(2)6-4-3-5-12-10-13-7-9(11)8-14-10/h7-8H,3-6H2,1-2H3,(H,12,13,14). The minimum absolute atomic E-state index is 0.722. The second-order valence-electron chi connectivity index (χ2n) is 3.66. The molecule has 0 radical (unpaired) electrons. The monoisotopic (exact) mass is 320 g/mol. The molecule has 0 spiro atoms. The maximum absolute atomic E-state index is 4.17. The van der Waals surface area contributed by atoms with Crippen LogP contribution < -0.4 is 5.32 Å². The molecule has 0 bridgehead atoms. The summed E-state index contributed by atoms with van der Waals surface area (Å²) in [5.74, 6) is 0.722. The van der Waals surface area contributed by atoms with Crippen molar-refractivity contribution in [2.24, 2.45) is 0 Å². The fraction of sp³-hybridized carbons (Fsp3) is 0.600. The highest BCUT2D eigenvalue weighted by Crippen LogP contribution is 2.02. The highest BCUT2D eigenvalue weighted by Gasteiger charge is 1.95. The Balaban J connectivity index is 2.12. The molecule has 0 saturated carbocycles. The first-order valence-electron chi connectivity index (χ1n) is 5.04. The van der Waals surface area contributed by atoms with Crippen molar-refractivity contribution in [3.63, 3.8) is 0 Å². The number of unbranched alkanes of at least 4 members (excludes halogenated alkanes) is 1. The summed E-state index contributed by atoms with van der Waals surface area (Å²) in [4.78, 5) is 10.5. The predicted molar refractivity (Wildman–Crippen MR) is 71.0 cm³/mol. The predicted octanol–water partition coefficient (Wildman–Crippen LogP) is 1.83. The summed E-state index contributed by atoms with van der Waals surface area (Å²) >= 11 is 2.20. The third kappa shape index (κ3) is 5.88. The smallest absolute Gasteiger partial charge is 0.222 e. The second kappa shape index (κ2) is 6.95. The number of nitrogens with one attached hydrogen (secondary N) is 1. The average Bonchev–Trinajstić information content (AvgIpc) is 2.20. The van der Waals surface area contributed by atoms with Crippen LogP contribution in [0.4, 0.5) is 5.95 Å². The van der Waals surface area contributed by atoms with Gasteiger partial charge in [-0.2, -0.15) is 0 Å². The number of halogens is 1. The van der Waals surface area contributed by atoms with Crippen molar-refractivity contribution in [1.82, 2.24) is 14.9 Å². The van der Waals surface area contributed by atoms with E-state index >= 15 is 0 Å². The summed E-state index contributed by atoms with van der Waals surface area (Å²) in [5.41, 5.74) is 0. The van der Waals surface area contributed by atoms with Gasteiger partial charge in [-0.15, -0.1) is 0 Å². The minimum Gasteiger partial charge on any atom is -0.354 e. The lowest BCUT2D eigenvalue weighted by atomic mass is 10.3. The van der Waals surface area contributed by atoms with E-state index < -0.39 is 0 Å². The molecule has 0 atom stereocenters. The molecular formula is C10H17IN4. The SMILES string of the molecule is CN(C)CCCCNc1ncc(I)cn1. The average molecular weight is 320 g/mol. The van der Waals surface area contributed by atoms with Gasteiger partial charge >= 0.3 is 0 Å². The fourth-order valence-electron chi connectivity index (χ4n) is 1.16. The third-order valence-electron chi connectivity index (χ3n) is 1.94. The summed E-state index contributed by atoms with van der Waals surface area (Å²) in [6.07, 6.45) is 5.98. The van der Waals surface area contributed by atoms with E-state index in [-0.39, 0.29) is 0 Å². The molecule has 1 aromatic rings. The van der Waals surface area contributed by atoms with Gasteiger partial charge in [0.2, 0.25) is 5.95 Å². The number of hydrogen-bond donors (Lipinski definition) is 1. The van der Waals surface area contributed by atoms with Crippen molar-refractivity contribution in [2.75, 3.05) is 32.5 Å². The van der Waals surface area contributed by atoms with Crippen LogP contribution in [0, 0.1) is 3.57 Å². The molecule has 0 aromatic carbocycles. The first kappa shape index (κ1) is 12.6. The normalized spacial score (nSPS) is 10.7. The van der Waals surface area contributed by atoms with Crippen molar-refractivity contribution in [2.45, 2.75) is 12.8 Å². The minimum atomic E-state index is 0.722. The van der Waals surface area contributed by atoms with Crippen LogP contribution in [0.3, 0.4) is 0 Å². The second-order valence-corrected chi connectivity index (χ2v) is 4.91. The van der Waals surface area contributed by atoms with E-state index in [1.807, 2.05) is 12.4 Å². The van der Waals surface area contributed by atoms with Gasteiger partial charge in [0.25, 0.3) is 0 Å². The molecule has 0 fully saturated rings. The van der Waals surface area contributed by atoms with Crippen molar-refractivity contribution < 1.29 is 0 Å². The Hall–Kier alpha value is -0.430. The lowest BCUT2D eigenvalue weighted by Crippen LogP contribution is -2.14. The van der Waals surface area contributed by atoms with Crippen LogP contribution in [0.25, 0.3) is 0 Å². The Morgan fingerprint density at radius 1 is 1.27 bits per heavy atom. The van der Waals surface area contributed by atoms with E-state index in [4.69, 9.17) is 0 Å². The molecule has 0 aliphatic rings. The zero-order valence-electron chi connectivity index (χ0n) is 9.20. The van der Waals surface area contributed by atoms with Gasteiger partial charge in [0, 0.05) is 22.5 Å². The molecule has 15 heavy (non-hydrogen) atoms. The van der Waals surface area contributed by atoms with Crippen molar-refractivity contribution in [3.05, 3.63) is 16.0 Å². The van der Waals surface area contributed by atoms with Crippen molar-refractivity contribution in [1.29, 1.82) is 0 Å². The van der Waals surface area contributed by atoms with Gasteiger partial charge < -0.3 is 10.2 Å². The van der Waals surface area contributed by atoms with E-state index in [1.165, 1.54) is 6.42 Å². The van der Waals surface area contributed by atoms with E-state index in [9.17, 15) is 0 Å². The molecule has 5 heteroatoms. The van der Waals surface area contributed by atoms with Gasteiger partial charge in [-0.1, -0.05) is 0 Å². The molecule has 0 unspecified atom stereocenters. The summed E-state index contributed by atoms with van der Waals surface area (Å²) < 4.78 is 1.06. The molecule has 1 aromatic heterocycles. The summed E-state index contributed by atoms with van der Waals surface area (Å²) in [6, 6.07) is 0. The lowest BCUT2D eigenvalue weighted by Gasteiger charge is -2.09.